The molecule has 4 rings (SSSR count). The van der Waals surface area contributed by atoms with E-state index in [0.717, 1.165) is 13.8 Å². The first kappa shape index (κ1) is 125. The van der Waals surface area contributed by atoms with Crippen LogP contribution in [0.1, 0.15) is 144 Å². The van der Waals surface area contributed by atoms with Crippen molar-refractivity contribution in [2.45, 2.75) is 249 Å². The Labute approximate surface area is 846 Å². The standard InChI is InChI=1S/C94H142N22O31/c1-11-47(6)75(114-86(138)64(35-54-37-97-58-19-15-14-18-57(54)58)107-82(134)60(29-30-74(129)130)105-84(136)61(32-46(4)5)103-71(126)38-98-80(132)59(20-16-17-31-95)102-70(125)36-96)90(142)100-40-73(128)113-76(48(7)12-2)92(144)115-77(49(8)13-3)91(143)111-68(44-120)88(140)110-67(43-119)87(139)109-65(41-117)81(133)99-39-72(127)104-66(42-118)89(141)116-78(51(10)122)93(145)108-63(34-53-23-27-56(124)28-24-53)85(137)106-62(33-52-21-25-55(123)26-22-52)83(135)101-50(9)79(131)112-69(45-121)94(146)147/h14-15,18-19,21-28,37,46-51,59-69,75-78,97,117-124H,11-13,16-17,20,29-36,38-45,95-96H2,1-10H3,(H,98,132)(H,99,133)(H,100,142)(H,101,135)(H,102,125)(H,103,126)(H,104,127)(H,105,136)(H,106,137)(H,107,134)(H,108,145)(H,109,139)(H,110,140)(H,111,143)(H,112,131)(H,113,128)(H,114,138)(H,115,144)(H,116,141)(H,129,130)(H,146,147)/t47-,48-,49-,50-,51+,59-,60-,61-,62-,63-,64-,65-,66-,67-,68-,69-,75-,76-,77-,78-/m0/s1. The molecular weight excluding hydrogens is 1930 g/mol. The quantitative estimate of drug-likeness (QED) is 0.0183. The summed E-state index contributed by atoms with van der Waals surface area (Å²) >= 11 is 0. The molecule has 19 amide bonds. The normalized spacial score (nSPS) is 15.3. The molecule has 3 aromatic carbocycles. The fourth-order valence-corrected chi connectivity index (χ4v) is 14.5. The molecule has 0 saturated heterocycles. The molecule has 0 fully saturated rings. The van der Waals surface area contributed by atoms with Gasteiger partial charge in [-0.1, -0.05) is 117 Å². The molecule has 0 aliphatic carbocycles. The Bertz CT molecular complexity index is 5130. The van der Waals surface area contributed by atoms with Crippen molar-refractivity contribution in [2.75, 3.05) is 65.8 Å². The molecule has 0 bridgehead atoms. The summed E-state index contributed by atoms with van der Waals surface area (Å²) in [5.41, 5.74) is 12.8. The van der Waals surface area contributed by atoms with E-state index in [4.69, 9.17) is 11.5 Å². The Morgan fingerprint density at radius 3 is 1.16 bits per heavy atom. The van der Waals surface area contributed by atoms with Gasteiger partial charge in [0, 0.05) is 42.8 Å². The van der Waals surface area contributed by atoms with Gasteiger partial charge in [0.2, 0.25) is 112 Å². The maximum atomic E-state index is 14.9. The number of aliphatic hydroxyl groups excluding tert-OH is 6. The minimum absolute atomic E-state index is 0.0371. The summed E-state index contributed by atoms with van der Waals surface area (Å²) in [4.78, 5) is 290. The number of carbonyl (C=O) groups is 21. The number of nitrogens with two attached hydrogens (primary N) is 2. The number of hydrogen-bond acceptors (Lipinski definition) is 31. The van der Waals surface area contributed by atoms with Gasteiger partial charge in [-0.3, -0.25) is 95.9 Å². The van der Waals surface area contributed by atoms with Crippen LogP contribution in [-0.4, -0.2) is 349 Å². The number of benzene rings is 3. The molecule has 0 saturated carbocycles. The van der Waals surface area contributed by atoms with Gasteiger partial charge in [0.15, 0.2) is 0 Å². The first-order chi connectivity index (χ1) is 69.5. The number of H-pyrrole nitrogens is 1. The first-order valence-electron chi connectivity index (χ1n) is 47.9. The first-order valence-corrected chi connectivity index (χ1v) is 47.9. The second-order valence-corrected chi connectivity index (χ2v) is 35.7. The summed E-state index contributed by atoms with van der Waals surface area (Å²) in [5.74, 6) is -26.2. The van der Waals surface area contributed by atoms with Crippen LogP contribution in [0.3, 0.4) is 0 Å². The summed E-state index contributed by atoms with van der Waals surface area (Å²) < 4.78 is 0. The highest BCUT2D eigenvalue weighted by atomic mass is 16.4. The summed E-state index contributed by atoms with van der Waals surface area (Å²) in [6, 6.07) is -9.49. The minimum Gasteiger partial charge on any atom is -0.508 e. The van der Waals surface area contributed by atoms with Gasteiger partial charge in [-0.05, 0) is 123 Å². The smallest absolute Gasteiger partial charge is 0.328 e. The van der Waals surface area contributed by atoms with E-state index in [2.05, 4.69) is 90.1 Å². The number of aromatic hydroxyl groups is 2. The number of aliphatic hydroxyl groups is 6. The average molecular weight is 2080 g/mol. The Morgan fingerprint density at radius 2 is 0.687 bits per heavy atom. The molecule has 0 aliphatic rings. The number of carboxylic acid groups (broad SMARTS) is 2. The predicted molar refractivity (Wildman–Crippen MR) is 523 cm³/mol. The topological polar surface area (TPSA) is 857 Å². The van der Waals surface area contributed by atoms with Crippen molar-refractivity contribution in [3.05, 3.63) is 95.7 Å². The van der Waals surface area contributed by atoms with Crippen molar-refractivity contribution in [1.82, 2.24) is 106 Å². The number of para-hydroxylation sites is 1. The third kappa shape index (κ3) is 42.1. The maximum absolute atomic E-state index is 14.9. The van der Waals surface area contributed by atoms with Gasteiger partial charge in [-0.2, -0.15) is 0 Å². The molecule has 53 nitrogen and oxygen atoms in total. The number of amides is 19. The van der Waals surface area contributed by atoms with Crippen molar-refractivity contribution in [3.63, 3.8) is 0 Å². The molecule has 814 valence electrons. The van der Waals surface area contributed by atoms with E-state index in [1.54, 1.807) is 78.9 Å². The van der Waals surface area contributed by atoms with Gasteiger partial charge < -0.3 is 169 Å². The lowest BCUT2D eigenvalue weighted by Gasteiger charge is -2.30. The van der Waals surface area contributed by atoms with Crippen LogP contribution in [0.15, 0.2) is 79.0 Å². The number of aromatic amines is 1. The number of phenolic OH excluding ortho intramolecular Hbond substituents is 2. The van der Waals surface area contributed by atoms with E-state index in [1.165, 1.54) is 55.5 Å². The van der Waals surface area contributed by atoms with Crippen LogP contribution in [0.25, 0.3) is 10.9 Å². The highest BCUT2D eigenvalue weighted by Gasteiger charge is 2.41. The van der Waals surface area contributed by atoms with Crippen molar-refractivity contribution >= 4 is 135 Å². The Balaban J connectivity index is 1.44. The molecule has 1 heterocycles. The van der Waals surface area contributed by atoms with E-state index in [-0.39, 0.29) is 67.9 Å². The number of aromatic nitrogens is 1. The highest BCUT2D eigenvalue weighted by Crippen LogP contribution is 2.23. The third-order valence-corrected chi connectivity index (χ3v) is 23.7. The third-order valence-electron chi connectivity index (χ3n) is 23.7. The van der Waals surface area contributed by atoms with Crippen LogP contribution in [0.2, 0.25) is 0 Å². The van der Waals surface area contributed by atoms with Crippen LogP contribution in [0.4, 0.5) is 0 Å². The van der Waals surface area contributed by atoms with E-state index in [9.17, 15) is 152 Å². The molecule has 0 unspecified atom stereocenters. The highest BCUT2D eigenvalue weighted by molar-refractivity contribution is 6.02. The fraction of sp³-hybridized carbons (Fsp3) is 0.564. The van der Waals surface area contributed by atoms with E-state index >= 15 is 0 Å². The number of carbonyl (C=O) groups excluding carboxylic acids is 19. The largest absolute Gasteiger partial charge is 0.508 e. The zero-order valence-corrected chi connectivity index (χ0v) is 83.4. The fourth-order valence-electron chi connectivity index (χ4n) is 14.5. The number of fused-ring (bicyclic) bond motifs is 1. The Hall–Kier alpha value is -14.7. The molecule has 0 aliphatic heterocycles. The van der Waals surface area contributed by atoms with E-state index in [1.807, 2.05) is 16.0 Å². The zero-order chi connectivity index (χ0) is 110. The minimum atomic E-state index is -2.03. The molecule has 1 aromatic heterocycles. The van der Waals surface area contributed by atoms with Crippen LogP contribution in [-0.2, 0) is 120 Å². The Morgan fingerprint density at radius 1 is 0.340 bits per heavy atom. The number of phenols is 2. The van der Waals surface area contributed by atoms with Gasteiger partial charge >= 0.3 is 11.9 Å². The van der Waals surface area contributed by atoms with Gasteiger partial charge in [0.05, 0.1) is 65.3 Å². The SMILES string of the molecule is CC[C@H](C)[C@H](NC(=O)CNC(=O)[C@@H](NC(=O)[C@H](Cc1c[nH]c2ccccc12)NC(=O)[C@H](CCC(=O)O)NC(=O)[C@H](CC(C)C)NC(=O)CNC(=O)[C@H](CCCCN)NC(=O)CN)[C@@H](C)CC)C(=O)N[C@H](C(=O)N[C@@H](CO)C(=O)N[C@@H](CO)C(=O)N[C@@H](CO)C(=O)NCC(=O)N[C@@H](CO)C(=O)N[C@H](C(=O)N[C@@H](Cc1ccc(O)cc1)C(=O)N[C@@H](Cc1ccc(O)cc1)C(=O)N[C@@H](C)C(=O)N[C@@H](CO)C(=O)O)[C@@H](C)O)[C@@H](C)CC. The zero-order valence-electron chi connectivity index (χ0n) is 83.4. The van der Waals surface area contributed by atoms with E-state index in [0.29, 0.717) is 41.4 Å². The summed E-state index contributed by atoms with van der Waals surface area (Å²) in [5, 5.41) is 146. The summed E-state index contributed by atoms with van der Waals surface area (Å²) in [7, 11) is 0. The number of rotatable bonds is 66. The monoisotopic (exact) mass is 2080 g/mol. The number of hydrogen-bond donors (Lipinski definition) is 32. The van der Waals surface area contributed by atoms with Gasteiger partial charge in [0.25, 0.3) is 0 Å². The molecule has 53 heteroatoms. The molecule has 20 atom stereocenters. The van der Waals surface area contributed by atoms with Crippen molar-refractivity contribution in [1.29, 1.82) is 0 Å². The molecule has 34 N–H and O–H groups in total. The number of aliphatic carboxylic acids is 2. The maximum Gasteiger partial charge on any atom is 0.328 e. The van der Waals surface area contributed by atoms with Crippen LogP contribution in [0, 0.1) is 23.7 Å². The number of carboxylic acids is 2. The van der Waals surface area contributed by atoms with Crippen molar-refractivity contribution < 1.29 is 152 Å². The van der Waals surface area contributed by atoms with Crippen LogP contribution < -0.4 is 112 Å². The lowest BCUT2D eigenvalue weighted by Crippen LogP contribution is -2.62. The van der Waals surface area contributed by atoms with Gasteiger partial charge in [0.1, 0.15) is 108 Å². The van der Waals surface area contributed by atoms with Gasteiger partial charge in [-0.15, -0.1) is 0 Å². The van der Waals surface area contributed by atoms with Crippen LogP contribution >= 0.6 is 0 Å². The van der Waals surface area contributed by atoms with Crippen LogP contribution in [0.5, 0.6) is 11.5 Å². The van der Waals surface area contributed by atoms with Gasteiger partial charge in [-0.25, -0.2) is 4.79 Å². The summed E-state index contributed by atoms with van der Waals surface area (Å²) in [6.45, 7) is 6.66. The summed E-state index contributed by atoms with van der Waals surface area (Å²) in [6.07, 6.45) is -0.881. The van der Waals surface area contributed by atoms with E-state index < -0.39 is 323 Å². The molecule has 147 heavy (non-hydrogen) atoms. The molecule has 0 radical (unpaired) electrons. The second-order valence-electron chi connectivity index (χ2n) is 35.7. The number of unbranched alkanes of at least 4 members (excludes halogenated alkanes) is 1. The second kappa shape index (κ2) is 63.6. The lowest BCUT2D eigenvalue weighted by molar-refractivity contribution is -0.143. The molecule has 4 aromatic rings. The Kier molecular flexibility index (Phi) is 53.9. The van der Waals surface area contributed by atoms with Crippen molar-refractivity contribution in [3.8, 4) is 11.5 Å². The number of nitrogens with one attached hydrogen (secondary N) is 20. The molecular formula is C94H142N22O31. The average Bonchev–Trinajstić information content (AvgIpc) is 1.67. The lowest BCUT2D eigenvalue weighted by atomic mass is 9.94. The predicted octanol–water partition coefficient (Wildman–Crippen LogP) is -9.70. The van der Waals surface area contributed by atoms with Crippen molar-refractivity contribution in [2.24, 2.45) is 35.1 Å². The molecule has 0 spiro atoms.